The normalized spacial score (nSPS) is 10.1. The van der Waals surface area contributed by atoms with Crippen LogP contribution in [0.25, 0.3) is 0 Å². The molecule has 0 aliphatic rings. The second-order valence-electron chi connectivity index (χ2n) is 3.51. The second-order valence-corrected chi connectivity index (χ2v) is 3.91. The van der Waals surface area contributed by atoms with Gasteiger partial charge in [-0.25, -0.2) is 0 Å². The van der Waals surface area contributed by atoms with E-state index in [0.717, 1.165) is 5.56 Å². The third-order valence-corrected chi connectivity index (χ3v) is 2.69. The van der Waals surface area contributed by atoms with Crippen LogP contribution in [0.3, 0.4) is 0 Å². The minimum atomic E-state index is -0.370. The van der Waals surface area contributed by atoms with Crippen LogP contribution in [0, 0.1) is 0 Å². The Hall–Kier alpha value is -2.01. The quantitative estimate of drug-likeness (QED) is 0.922. The van der Waals surface area contributed by atoms with E-state index in [1.807, 2.05) is 18.2 Å². The molecule has 1 N–H and O–H groups in total. The number of aromatic nitrogens is 1. The van der Waals surface area contributed by atoms with Crippen LogP contribution in [0.1, 0.15) is 16.1 Å². The van der Waals surface area contributed by atoms with Crippen LogP contribution < -0.4 is 10.1 Å². The molecule has 0 aliphatic carbocycles. The Labute approximate surface area is 109 Å². The highest BCUT2D eigenvalue weighted by atomic mass is 35.5. The average Bonchev–Trinajstić information content (AvgIpc) is 2.86. The topological polar surface area (TPSA) is 64.4 Å². The number of rotatable bonds is 4. The molecule has 0 fully saturated rings. The highest BCUT2D eigenvalue weighted by Gasteiger charge is 2.13. The summed E-state index contributed by atoms with van der Waals surface area (Å²) in [5.74, 6) is -0.0116. The van der Waals surface area contributed by atoms with E-state index in [2.05, 4.69) is 10.5 Å². The Bertz CT molecular complexity index is 554. The number of nitrogens with one attached hydrogen (secondary N) is 1. The van der Waals surface area contributed by atoms with E-state index in [1.165, 1.54) is 13.2 Å². The molecule has 0 radical (unpaired) electrons. The molecule has 2 aromatic rings. The SMILES string of the molecule is COc1cc(C(=O)NCc2ccccc2Cl)on1. The van der Waals surface area contributed by atoms with Crippen LogP contribution in [-0.2, 0) is 6.54 Å². The molecule has 0 unspecified atom stereocenters. The maximum atomic E-state index is 11.7. The molecule has 1 aromatic heterocycles. The van der Waals surface area contributed by atoms with Crippen molar-refractivity contribution in [3.8, 4) is 5.88 Å². The first kappa shape index (κ1) is 12.4. The number of benzene rings is 1. The third kappa shape index (κ3) is 2.81. The molecule has 5 nitrogen and oxygen atoms in total. The fourth-order valence-electron chi connectivity index (χ4n) is 1.37. The van der Waals surface area contributed by atoms with E-state index in [-0.39, 0.29) is 17.5 Å². The van der Waals surface area contributed by atoms with Gasteiger partial charge >= 0.3 is 0 Å². The third-order valence-electron chi connectivity index (χ3n) is 2.32. The van der Waals surface area contributed by atoms with E-state index in [0.29, 0.717) is 11.6 Å². The van der Waals surface area contributed by atoms with E-state index in [1.54, 1.807) is 6.07 Å². The molecule has 94 valence electrons. The second kappa shape index (κ2) is 5.55. The Morgan fingerprint density at radius 1 is 1.50 bits per heavy atom. The number of carbonyl (C=O) groups excluding carboxylic acids is 1. The molecular formula is C12H11ClN2O3. The molecule has 0 aliphatic heterocycles. The number of ether oxygens (including phenoxy) is 1. The van der Waals surface area contributed by atoms with Crippen molar-refractivity contribution in [1.82, 2.24) is 10.5 Å². The number of carbonyl (C=O) groups is 1. The van der Waals surface area contributed by atoms with Gasteiger partial charge in [0.1, 0.15) is 0 Å². The van der Waals surface area contributed by atoms with Crippen LogP contribution in [0.4, 0.5) is 0 Å². The first-order valence-electron chi connectivity index (χ1n) is 5.23. The first-order valence-corrected chi connectivity index (χ1v) is 5.61. The van der Waals surface area contributed by atoms with Crippen molar-refractivity contribution >= 4 is 17.5 Å². The van der Waals surface area contributed by atoms with Gasteiger partial charge in [0.25, 0.3) is 11.8 Å². The number of hydrogen-bond acceptors (Lipinski definition) is 4. The van der Waals surface area contributed by atoms with Gasteiger partial charge in [0.15, 0.2) is 0 Å². The smallest absolute Gasteiger partial charge is 0.290 e. The Balaban J connectivity index is 1.98. The minimum Gasteiger partial charge on any atom is -0.479 e. The number of amides is 1. The standard InChI is InChI=1S/C12H11ClN2O3/c1-17-11-6-10(18-15-11)12(16)14-7-8-4-2-3-5-9(8)13/h2-6H,7H2,1H3,(H,14,16). The number of halogens is 1. The molecule has 0 atom stereocenters. The summed E-state index contributed by atoms with van der Waals surface area (Å²) >= 11 is 5.97. The number of nitrogens with zero attached hydrogens (tertiary/aromatic N) is 1. The van der Waals surface area contributed by atoms with Crippen LogP contribution in [-0.4, -0.2) is 18.2 Å². The summed E-state index contributed by atoms with van der Waals surface area (Å²) in [6, 6.07) is 8.70. The molecule has 1 amide bonds. The van der Waals surface area contributed by atoms with Gasteiger partial charge in [-0.3, -0.25) is 4.79 Å². The van der Waals surface area contributed by atoms with Gasteiger partial charge in [-0.15, -0.1) is 0 Å². The first-order chi connectivity index (χ1) is 8.70. The molecule has 0 saturated carbocycles. The number of methoxy groups -OCH3 is 1. The van der Waals surface area contributed by atoms with E-state index in [4.69, 9.17) is 20.9 Å². The largest absolute Gasteiger partial charge is 0.479 e. The summed E-state index contributed by atoms with van der Waals surface area (Å²) in [6.07, 6.45) is 0. The molecule has 0 saturated heterocycles. The fourth-order valence-corrected chi connectivity index (χ4v) is 1.57. The number of hydrogen-bond donors (Lipinski definition) is 1. The van der Waals surface area contributed by atoms with Crippen molar-refractivity contribution in [1.29, 1.82) is 0 Å². The summed E-state index contributed by atoms with van der Waals surface area (Å²) in [5, 5.41) is 6.83. The molecule has 1 heterocycles. The van der Waals surface area contributed by atoms with E-state index in [9.17, 15) is 4.79 Å². The van der Waals surface area contributed by atoms with Crippen LogP contribution >= 0.6 is 11.6 Å². The van der Waals surface area contributed by atoms with Crippen molar-refractivity contribution in [3.05, 3.63) is 46.7 Å². The summed E-state index contributed by atoms with van der Waals surface area (Å²) in [5.41, 5.74) is 0.832. The minimum absolute atomic E-state index is 0.0962. The predicted octanol–water partition coefficient (Wildman–Crippen LogP) is 2.27. The summed E-state index contributed by atoms with van der Waals surface area (Å²) in [6.45, 7) is 0.321. The van der Waals surface area contributed by atoms with Crippen molar-refractivity contribution in [3.63, 3.8) is 0 Å². The van der Waals surface area contributed by atoms with Gasteiger partial charge in [0, 0.05) is 11.6 Å². The van der Waals surface area contributed by atoms with Crippen molar-refractivity contribution in [2.24, 2.45) is 0 Å². The van der Waals surface area contributed by atoms with Gasteiger partial charge in [-0.05, 0) is 16.8 Å². The molecule has 6 heteroatoms. The van der Waals surface area contributed by atoms with Crippen LogP contribution in [0.5, 0.6) is 5.88 Å². The van der Waals surface area contributed by atoms with E-state index >= 15 is 0 Å². The summed E-state index contributed by atoms with van der Waals surface area (Å²) in [4.78, 5) is 11.7. The lowest BCUT2D eigenvalue weighted by Gasteiger charge is -2.04. The highest BCUT2D eigenvalue weighted by molar-refractivity contribution is 6.31. The Morgan fingerprint density at radius 3 is 2.94 bits per heavy atom. The fraction of sp³-hybridized carbons (Fsp3) is 0.167. The average molecular weight is 267 g/mol. The zero-order valence-corrected chi connectivity index (χ0v) is 10.4. The van der Waals surface area contributed by atoms with E-state index < -0.39 is 0 Å². The maximum Gasteiger partial charge on any atom is 0.290 e. The van der Waals surface area contributed by atoms with Gasteiger partial charge in [0.05, 0.1) is 13.2 Å². The van der Waals surface area contributed by atoms with Gasteiger partial charge < -0.3 is 14.6 Å². The lowest BCUT2D eigenvalue weighted by molar-refractivity contribution is 0.0913. The Morgan fingerprint density at radius 2 is 2.28 bits per heavy atom. The monoisotopic (exact) mass is 266 g/mol. The molecular weight excluding hydrogens is 256 g/mol. The van der Waals surface area contributed by atoms with Crippen molar-refractivity contribution < 1.29 is 14.1 Å². The Kier molecular flexibility index (Phi) is 3.84. The zero-order chi connectivity index (χ0) is 13.0. The van der Waals surface area contributed by atoms with Crippen molar-refractivity contribution in [2.75, 3.05) is 7.11 Å². The molecule has 0 spiro atoms. The highest BCUT2D eigenvalue weighted by Crippen LogP contribution is 2.15. The lowest BCUT2D eigenvalue weighted by Crippen LogP contribution is -2.22. The van der Waals surface area contributed by atoms with Crippen LogP contribution in [0.2, 0.25) is 5.02 Å². The lowest BCUT2D eigenvalue weighted by atomic mass is 10.2. The molecule has 18 heavy (non-hydrogen) atoms. The molecule has 0 bridgehead atoms. The van der Waals surface area contributed by atoms with Gasteiger partial charge in [-0.1, -0.05) is 29.8 Å². The summed E-state index contributed by atoms with van der Waals surface area (Å²) < 4.78 is 9.64. The molecule has 2 rings (SSSR count). The predicted molar refractivity (Wildman–Crippen MR) is 65.7 cm³/mol. The summed E-state index contributed by atoms with van der Waals surface area (Å²) in [7, 11) is 1.45. The van der Waals surface area contributed by atoms with Gasteiger partial charge in [0.2, 0.25) is 5.76 Å². The van der Waals surface area contributed by atoms with Gasteiger partial charge in [-0.2, -0.15) is 0 Å². The molecule has 1 aromatic carbocycles. The van der Waals surface area contributed by atoms with Crippen LogP contribution in [0.15, 0.2) is 34.9 Å². The zero-order valence-electron chi connectivity index (χ0n) is 9.64. The maximum absolute atomic E-state index is 11.7. The van der Waals surface area contributed by atoms with Crippen molar-refractivity contribution in [2.45, 2.75) is 6.54 Å².